The highest BCUT2D eigenvalue weighted by atomic mass is 16.6. The van der Waals surface area contributed by atoms with Crippen LogP contribution in [0.3, 0.4) is 0 Å². The summed E-state index contributed by atoms with van der Waals surface area (Å²) in [7, 11) is 2.82. The minimum atomic E-state index is -1.03. The number of phenols is 1. The Labute approximate surface area is 272 Å². The van der Waals surface area contributed by atoms with Gasteiger partial charge in [-0.15, -0.1) is 0 Å². The minimum Gasteiger partial charge on any atom is -0.507 e. The summed E-state index contributed by atoms with van der Waals surface area (Å²) in [6.07, 6.45) is 3.12. The fourth-order valence-corrected chi connectivity index (χ4v) is 7.95. The van der Waals surface area contributed by atoms with Crippen molar-refractivity contribution in [2.24, 2.45) is 17.8 Å². The Morgan fingerprint density at radius 3 is 2.23 bits per heavy atom. The van der Waals surface area contributed by atoms with Gasteiger partial charge in [-0.05, 0) is 37.1 Å². The number of phenolic OH excluding ortho intramolecular Hbond substituents is 1. The zero-order valence-electron chi connectivity index (χ0n) is 26.0. The Morgan fingerprint density at radius 2 is 1.58 bits per heavy atom. The third-order valence-corrected chi connectivity index (χ3v) is 9.96. The molecule has 4 aliphatic rings. The van der Waals surface area contributed by atoms with Crippen molar-refractivity contribution >= 4 is 56.9 Å². The fourth-order valence-electron chi connectivity index (χ4n) is 7.95. The summed E-state index contributed by atoms with van der Waals surface area (Å²) < 4.78 is 0. The monoisotopic (exact) mass is 648 g/mol. The van der Waals surface area contributed by atoms with Crippen molar-refractivity contribution < 1.29 is 34.1 Å². The largest absolute Gasteiger partial charge is 0.507 e. The molecule has 1 saturated heterocycles. The molecule has 48 heavy (non-hydrogen) atoms. The number of hydrogen-bond acceptors (Lipinski definition) is 10. The average Bonchev–Trinajstić information content (AvgIpc) is 3.31. The van der Waals surface area contributed by atoms with Crippen LogP contribution in [0.25, 0.3) is 10.8 Å². The normalized spacial score (nSPS) is 23.4. The van der Waals surface area contributed by atoms with Crippen molar-refractivity contribution in [3.8, 4) is 5.75 Å². The van der Waals surface area contributed by atoms with Gasteiger partial charge in [0.15, 0.2) is 17.3 Å². The number of aromatic hydroxyl groups is 1. The molecule has 1 N–H and O–H groups in total. The van der Waals surface area contributed by atoms with Crippen molar-refractivity contribution in [2.45, 2.75) is 25.7 Å². The van der Waals surface area contributed by atoms with E-state index in [4.69, 9.17) is 0 Å². The highest BCUT2D eigenvalue weighted by Crippen LogP contribution is 2.57. The van der Waals surface area contributed by atoms with Crippen molar-refractivity contribution in [1.82, 2.24) is 0 Å². The van der Waals surface area contributed by atoms with Gasteiger partial charge in [0.2, 0.25) is 11.8 Å². The highest BCUT2D eigenvalue weighted by molar-refractivity contribution is 6.25. The Balaban J connectivity index is 1.38. The molecule has 13 heteroatoms. The van der Waals surface area contributed by atoms with Gasteiger partial charge in [-0.1, -0.05) is 48.0 Å². The lowest BCUT2D eigenvalue weighted by Gasteiger charge is -2.42. The van der Waals surface area contributed by atoms with Gasteiger partial charge in [0, 0.05) is 59.8 Å². The smallest absolute Gasteiger partial charge is 0.301 e. The van der Waals surface area contributed by atoms with Crippen LogP contribution in [0.1, 0.15) is 31.2 Å². The molecule has 0 aromatic heterocycles. The number of allylic oxidation sites excluding steroid dienone is 6. The molecule has 3 aromatic carbocycles. The van der Waals surface area contributed by atoms with E-state index in [1.54, 1.807) is 30.3 Å². The molecule has 1 fully saturated rings. The van der Waals surface area contributed by atoms with Crippen molar-refractivity contribution in [1.29, 1.82) is 0 Å². The summed E-state index contributed by atoms with van der Waals surface area (Å²) in [5.74, 6) is -5.78. The lowest BCUT2D eigenvalue weighted by atomic mass is 9.59. The van der Waals surface area contributed by atoms with E-state index >= 15 is 0 Å². The van der Waals surface area contributed by atoms with Gasteiger partial charge in [-0.2, -0.15) is 0 Å². The van der Waals surface area contributed by atoms with Crippen molar-refractivity contribution in [2.75, 3.05) is 23.9 Å². The molecular formula is C35H28N4O9. The molecule has 0 spiro atoms. The maximum Gasteiger partial charge on any atom is 0.301 e. The highest BCUT2D eigenvalue weighted by Gasteiger charge is 2.57. The predicted octanol–water partition coefficient (Wildman–Crippen LogP) is 5.06. The Bertz CT molecular complexity index is 2130. The number of Topliss-reactive ketones (excluding diaryl/α,β-unsaturated/α-hetero) is 1. The van der Waals surface area contributed by atoms with Crippen LogP contribution in [-0.2, 0) is 19.2 Å². The molecular weight excluding hydrogens is 620 g/mol. The zero-order chi connectivity index (χ0) is 34.3. The first-order valence-electron chi connectivity index (χ1n) is 15.2. The number of hydrogen-bond donors (Lipinski definition) is 1. The average molecular weight is 649 g/mol. The van der Waals surface area contributed by atoms with Crippen LogP contribution in [-0.4, -0.2) is 52.4 Å². The van der Waals surface area contributed by atoms with Crippen LogP contribution < -0.4 is 9.80 Å². The molecule has 1 heterocycles. The number of imide groups is 1. The van der Waals surface area contributed by atoms with Gasteiger partial charge < -0.3 is 10.0 Å². The number of amides is 2. The van der Waals surface area contributed by atoms with E-state index in [-0.39, 0.29) is 58.3 Å². The molecule has 3 aliphatic carbocycles. The van der Waals surface area contributed by atoms with Gasteiger partial charge >= 0.3 is 11.4 Å². The van der Waals surface area contributed by atoms with Crippen LogP contribution in [0.5, 0.6) is 5.75 Å². The molecule has 0 bridgehead atoms. The predicted molar refractivity (Wildman–Crippen MR) is 174 cm³/mol. The Morgan fingerprint density at radius 1 is 0.917 bits per heavy atom. The van der Waals surface area contributed by atoms with E-state index in [1.165, 1.54) is 32.0 Å². The summed E-state index contributed by atoms with van der Waals surface area (Å²) in [6.45, 7) is 1.53. The topological polar surface area (TPSA) is 181 Å². The second-order valence-electron chi connectivity index (χ2n) is 12.7. The number of anilines is 2. The second-order valence-corrected chi connectivity index (χ2v) is 12.7. The standard InChI is InChI=1S/C35H28N4O9/c1-16-12-27(40)30-24(32(16)41)15-23-20(28(30)21-9-8-17-6-4-5-7-19(17)33(21)42)10-11-22-29(23)35(44)37(34(22)43)18-13-25(38(45)46)31(36(2)3)26(14-18)39(47)48/h4-10,12-14,22-23,28-29,42H,11,15H2,1-3H3/t22-,23+,28+,29-/m0/s1. The molecule has 2 amide bonds. The first-order valence-corrected chi connectivity index (χ1v) is 15.2. The first kappa shape index (κ1) is 30.7. The molecule has 0 radical (unpaired) electrons. The number of rotatable bonds is 5. The summed E-state index contributed by atoms with van der Waals surface area (Å²) in [4.78, 5) is 80.0. The van der Waals surface area contributed by atoms with E-state index < -0.39 is 56.7 Å². The lowest BCUT2D eigenvalue weighted by Crippen LogP contribution is -2.39. The number of nitro groups is 2. The number of carbonyl (C=O) groups is 4. The number of nitro benzene ring substituents is 2. The summed E-state index contributed by atoms with van der Waals surface area (Å²) in [6, 6.07) is 12.6. The van der Waals surface area contributed by atoms with Gasteiger partial charge in [-0.3, -0.25) is 39.4 Å². The summed E-state index contributed by atoms with van der Waals surface area (Å²) in [5.41, 5.74) is -0.234. The van der Waals surface area contributed by atoms with Crippen LogP contribution in [0, 0.1) is 38.0 Å². The summed E-state index contributed by atoms with van der Waals surface area (Å²) in [5, 5.41) is 36.9. The molecule has 3 aromatic rings. The second kappa shape index (κ2) is 10.8. The number of fused-ring (bicyclic) bond motifs is 4. The lowest BCUT2D eigenvalue weighted by molar-refractivity contribution is -0.392. The SMILES string of the molecule is CC1=CC(=O)C2=C(C[C@@H]3C(=CC[C@@H]4C(=O)N(c5cc([N+](=O)[O-])c(N(C)C)c([N+](=O)[O-])c5)C(=O)[C@@H]43)[C@@H]2c2ccc3ccccc3c2O)C1=O. The number of ketones is 2. The van der Waals surface area contributed by atoms with Crippen LogP contribution in [0.15, 0.2) is 83.0 Å². The van der Waals surface area contributed by atoms with Crippen LogP contribution >= 0.6 is 0 Å². The quantitative estimate of drug-likeness (QED) is 0.129. The Kier molecular flexibility index (Phi) is 6.89. The van der Waals surface area contributed by atoms with Crippen LogP contribution in [0.4, 0.5) is 22.7 Å². The molecule has 7 rings (SSSR count). The van der Waals surface area contributed by atoms with E-state index in [0.29, 0.717) is 16.5 Å². The van der Waals surface area contributed by atoms with E-state index in [2.05, 4.69) is 0 Å². The third-order valence-electron chi connectivity index (χ3n) is 9.96. The number of nitrogens with zero attached hydrogens (tertiary/aromatic N) is 4. The zero-order valence-corrected chi connectivity index (χ0v) is 26.0. The molecule has 13 nitrogen and oxygen atoms in total. The van der Waals surface area contributed by atoms with E-state index in [9.17, 15) is 44.5 Å². The maximum atomic E-state index is 14.3. The maximum absolute atomic E-state index is 14.3. The van der Waals surface area contributed by atoms with E-state index in [0.717, 1.165) is 22.4 Å². The van der Waals surface area contributed by atoms with Gasteiger partial charge in [0.1, 0.15) is 5.75 Å². The number of benzene rings is 3. The van der Waals surface area contributed by atoms with Gasteiger partial charge in [0.05, 0.1) is 27.4 Å². The van der Waals surface area contributed by atoms with Crippen LogP contribution in [0.2, 0.25) is 0 Å². The number of carbonyl (C=O) groups excluding carboxylic acids is 4. The van der Waals surface area contributed by atoms with Gasteiger partial charge in [0.25, 0.3) is 0 Å². The third kappa shape index (κ3) is 4.30. The van der Waals surface area contributed by atoms with Gasteiger partial charge in [-0.25, -0.2) is 4.90 Å². The first-order chi connectivity index (χ1) is 22.8. The molecule has 0 saturated carbocycles. The molecule has 242 valence electrons. The molecule has 1 aliphatic heterocycles. The molecule has 0 unspecified atom stereocenters. The summed E-state index contributed by atoms with van der Waals surface area (Å²) >= 11 is 0. The Hall–Kier alpha value is -5.98. The van der Waals surface area contributed by atoms with Crippen molar-refractivity contribution in [3.63, 3.8) is 0 Å². The fraction of sp³-hybridized carbons (Fsp3) is 0.257. The van der Waals surface area contributed by atoms with E-state index in [1.807, 2.05) is 12.1 Å². The minimum absolute atomic E-state index is 0.0182. The van der Waals surface area contributed by atoms with Crippen molar-refractivity contribution in [3.05, 3.63) is 109 Å². The molecule has 4 atom stereocenters.